The van der Waals surface area contributed by atoms with E-state index in [2.05, 4.69) is 4.74 Å². The van der Waals surface area contributed by atoms with Crippen LogP contribution in [0.1, 0.15) is 23.5 Å². The Morgan fingerprint density at radius 2 is 1.81 bits per heavy atom. The van der Waals surface area contributed by atoms with Crippen molar-refractivity contribution in [2.45, 2.75) is 12.3 Å². The van der Waals surface area contributed by atoms with Gasteiger partial charge in [-0.15, -0.1) is 0 Å². The first-order valence-corrected chi connectivity index (χ1v) is 8.41. The lowest BCUT2D eigenvalue weighted by Crippen LogP contribution is -2.22. The zero-order valence-corrected chi connectivity index (χ0v) is 15.0. The van der Waals surface area contributed by atoms with E-state index in [4.69, 9.17) is 16.0 Å². The molecule has 138 valence electrons. The van der Waals surface area contributed by atoms with Crippen LogP contribution in [0, 0.1) is 0 Å². The molecule has 0 unspecified atom stereocenters. The van der Waals surface area contributed by atoms with E-state index in [-0.39, 0.29) is 23.3 Å². The van der Waals surface area contributed by atoms with Crippen LogP contribution < -0.4 is 5.63 Å². The molecule has 0 fully saturated rings. The van der Waals surface area contributed by atoms with E-state index in [1.54, 1.807) is 48.5 Å². The molecule has 1 aromatic heterocycles. The molecule has 7 heteroatoms. The van der Waals surface area contributed by atoms with Crippen LogP contribution in [-0.2, 0) is 14.3 Å². The van der Waals surface area contributed by atoms with Crippen molar-refractivity contribution in [1.29, 1.82) is 0 Å². The first kappa shape index (κ1) is 18.7. The van der Waals surface area contributed by atoms with Crippen LogP contribution >= 0.6 is 11.6 Å². The Bertz CT molecular complexity index is 1070. The van der Waals surface area contributed by atoms with Gasteiger partial charge in [-0.2, -0.15) is 0 Å². The van der Waals surface area contributed by atoms with Gasteiger partial charge in [-0.1, -0.05) is 35.9 Å². The quantitative estimate of drug-likeness (QED) is 0.410. The van der Waals surface area contributed by atoms with Gasteiger partial charge in [-0.05, 0) is 29.8 Å². The Hall–Kier alpha value is -3.12. The minimum Gasteiger partial charge on any atom is -0.507 e. The first-order valence-electron chi connectivity index (χ1n) is 8.03. The first-order chi connectivity index (χ1) is 12.9. The lowest BCUT2D eigenvalue weighted by Gasteiger charge is -2.17. The molecule has 1 N–H and O–H groups in total. The topological polar surface area (TPSA) is 93.8 Å². The summed E-state index contributed by atoms with van der Waals surface area (Å²) in [6, 6.07) is 12.9. The Labute approximate surface area is 158 Å². The van der Waals surface area contributed by atoms with Gasteiger partial charge >= 0.3 is 11.6 Å². The van der Waals surface area contributed by atoms with Crippen LogP contribution in [0.4, 0.5) is 0 Å². The zero-order chi connectivity index (χ0) is 19.6. The molecule has 0 spiro atoms. The summed E-state index contributed by atoms with van der Waals surface area (Å²) in [7, 11) is 1.10. The summed E-state index contributed by atoms with van der Waals surface area (Å²) >= 11 is 5.91. The third-order valence-electron chi connectivity index (χ3n) is 4.24. The Morgan fingerprint density at radius 3 is 2.48 bits per heavy atom. The van der Waals surface area contributed by atoms with Crippen LogP contribution in [0.3, 0.4) is 0 Å². The van der Waals surface area contributed by atoms with E-state index < -0.39 is 23.3 Å². The summed E-state index contributed by atoms with van der Waals surface area (Å²) < 4.78 is 9.76. The van der Waals surface area contributed by atoms with Gasteiger partial charge in [0.2, 0.25) is 5.78 Å². The van der Waals surface area contributed by atoms with Crippen LogP contribution in [0.5, 0.6) is 5.75 Å². The molecule has 27 heavy (non-hydrogen) atoms. The van der Waals surface area contributed by atoms with E-state index in [0.717, 1.165) is 7.11 Å². The van der Waals surface area contributed by atoms with E-state index in [9.17, 15) is 19.5 Å². The highest BCUT2D eigenvalue weighted by atomic mass is 35.5. The molecule has 3 aromatic rings. The predicted molar refractivity (Wildman–Crippen MR) is 99.1 cm³/mol. The lowest BCUT2D eigenvalue weighted by molar-refractivity contribution is -0.151. The standard InChI is InChI=1S/C20H15ClO6/c1-26-19(24)15(22)10-14(11-6-8-12(21)9-7-11)17-18(23)13-4-2-3-5-16(13)27-20(17)25/h2-9,14,23H,10H2,1H3/t14-/m0/s1. The van der Waals surface area contributed by atoms with Gasteiger partial charge in [0.15, 0.2) is 0 Å². The maximum Gasteiger partial charge on any atom is 0.374 e. The summed E-state index contributed by atoms with van der Waals surface area (Å²) in [5.74, 6) is -3.06. The minimum atomic E-state index is -1.03. The van der Waals surface area contributed by atoms with Crippen molar-refractivity contribution in [3.05, 3.63) is 75.1 Å². The fourth-order valence-electron chi connectivity index (χ4n) is 2.92. The van der Waals surface area contributed by atoms with E-state index in [0.29, 0.717) is 16.0 Å². The van der Waals surface area contributed by atoms with Crippen LogP contribution in [-0.4, -0.2) is 24.0 Å². The molecule has 0 radical (unpaired) electrons. The number of hydrogen-bond acceptors (Lipinski definition) is 6. The predicted octanol–water partition coefficient (Wildman–Crippen LogP) is 3.42. The molecule has 3 rings (SSSR count). The maximum atomic E-state index is 12.6. The molecule has 6 nitrogen and oxygen atoms in total. The Kier molecular flexibility index (Phi) is 5.28. The zero-order valence-electron chi connectivity index (χ0n) is 14.3. The summed E-state index contributed by atoms with van der Waals surface area (Å²) in [4.78, 5) is 36.3. The average molecular weight is 387 g/mol. The van der Waals surface area contributed by atoms with E-state index >= 15 is 0 Å². The summed E-state index contributed by atoms with van der Waals surface area (Å²) in [6.07, 6.45) is -0.370. The number of ketones is 1. The number of carbonyl (C=O) groups excluding carboxylic acids is 2. The number of methoxy groups -OCH3 is 1. The van der Waals surface area contributed by atoms with Crippen molar-refractivity contribution in [2.75, 3.05) is 7.11 Å². The molecule has 0 amide bonds. The number of ether oxygens (including phenoxy) is 1. The smallest absolute Gasteiger partial charge is 0.374 e. The van der Waals surface area contributed by atoms with Gasteiger partial charge in [-0.3, -0.25) is 4.79 Å². The van der Waals surface area contributed by atoms with Crippen molar-refractivity contribution in [1.82, 2.24) is 0 Å². The molecule has 0 aliphatic heterocycles. The van der Waals surface area contributed by atoms with Gasteiger partial charge < -0.3 is 14.3 Å². The second-order valence-electron chi connectivity index (χ2n) is 5.87. The van der Waals surface area contributed by atoms with Crippen LogP contribution in [0.15, 0.2) is 57.7 Å². The van der Waals surface area contributed by atoms with Gasteiger partial charge in [0.1, 0.15) is 11.3 Å². The summed E-state index contributed by atoms with van der Waals surface area (Å²) in [5, 5.41) is 11.5. The number of esters is 1. The largest absolute Gasteiger partial charge is 0.507 e. The van der Waals surface area contributed by atoms with Crippen molar-refractivity contribution in [3.8, 4) is 5.75 Å². The number of rotatable bonds is 5. The highest BCUT2D eigenvalue weighted by Crippen LogP contribution is 2.36. The number of aromatic hydroxyl groups is 1. The molecule has 0 saturated carbocycles. The molecule has 0 bridgehead atoms. The van der Waals surface area contributed by atoms with Gasteiger partial charge in [0.05, 0.1) is 18.1 Å². The number of para-hydroxylation sites is 1. The van der Waals surface area contributed by atoms with Gasteiger partial charge in [0, 0.05) is 17.4 Å². The van der Waals surface area contributed by atoms with Crippen LogP contribution in [0.25, 0.3) is 11.0 Å². The third kappa shape index (κ3) is 3.71. The minimum absolute atomic E-state index is 0.103. The number of halogens is 1. The van der Waals surface area contributed by atoms with E-state index in [1.165, 1.54) is 0 Å². The maximum absolute atomic E-state index is 12.6. The molecule has 1 atom stereocenters. The van der Waals surface area contributed by atoms with Crippen molar-refractivity contribution in [3.63, 3.8) is 0 Å². The number of carbonyl (C=O) groups is 2. The number of Topliss-reactive ketones (excluding diaryl/α,β-unsaturated/α-hetero) is 1. The molecular weight excluding hydrogens is 372 g/mol. The number of hydrogen-bond donors (Lipinski definition) is 1. The molecule has 1 heterocycles. The molecule has 0 aliphatic rings. The molecule has 0 saturated heterocycles. The fraction of sp³-hybridized carbons (Fsp3) is 0.150. The van der Waals surface area contributed by atoms with E-state index in [1.807, 2.05) is 0 Å². The summed E-state index contributed by atoms with van der Waals surface area (Å²) in [6.45, 7) is 0. The van der Waals surface area contributed by atoms with Crippen molar-refractivity contribution < 1.29 is 23.8 Å². The highest BCUT2D eigenvalue weighted by molar-refractivity contribution is 6.33. The third-order valence-corrected chi connectivity index (χ3v) is 4.50. The fourth-order valence-corrected chi connectivity index (χ4v) is 3.05. The lowest BCUT2D eigenvalue weighted by atomic mass is 9.87. The SMILES string of the molecule is COC(=O)C(=O)C[C@@H](c1ccc(Cl)cc1)c1c(O)c2ccccc2oc1=O. The van der Waals surface area contributed by atoms with Crippen molar-refractivity contribution >= 4 is 34.3 Å². The Balaban J connectivity index is 2.19. The molecule has 0 aliphatic carbocycles. The number of benzene rings is 2. The average Bonchev–Trinajstić information content (AvgIpc) is 2.67. The molecular formula is C20H15ClO6. The van der Waals surface area contributed by atoms with Gasteiger partial charge in [-0.25, -0.2) is 9.59 Å². The monoisotopic (exact) mass is 386 g/mol. The normalized spacial score (nSPS) is 11.9. The summed E-state index contributed by atoms with van der Waals surface area (Å²) in [5.41, 5.74) is -0.149. The second kappa shape index (κ2) is 7.63. The Morgan fingerprint density at radius 1 is 1.15 bits per heavy atom. The van der Waals surface area contributed by atoms with Crippen molar-refractivity contribution in [2.24, 2.45) is 0 Å². The van der Waals surface area contributed by atoms with Gasteiger partial charge in [0.25, 0.3) is 0 Å². The molecule has 2 aromatic carbocycles. The second-order valence-corrected chi connectivity index (χ2v) is 6.31. The number of fused-ring (bicyclic) bond motifs is 1. The highest BCUT2D eigenvalue weighted by Gasteiger charge is 2.29. The van der Waals surface area contributed by atoms with Crippen LogP contribution in [0.2, 0.25) is 5.02 Å².